The van der Waals surface area contributed by atoms with Crippen molar-refractivity contribution >= 4 is 37.3 Å². The summed E-state index contributed by atoms with van der Waals surface area (Å²) in [4.78, 5) is 57.0. The molecule has 0 spiro atoms. The van der Waals surface area contributed by atoms with E-state index in [-0.39, 0.29) is 18.4 Å². The topological polar surface area (TPSA) is 177 Å². The summed E-state index contributed by atoms with van der Waals surface area (Å²) in [6.07, 6.45) is 1.95. The highest BCUT2D eigenvalue weighted by molar-refractivity contribution is 6.16. The zero-order valence-electron chi connectivity index (χ0n) is 34.3. The standard InChI is InChI=1S/C40H61BN6O8/c1-11-31-40(9)35(47(37(51)55-40)18-13-12-17-46-23-30(44-45-46)27-15-14-16-28(42)19-27)26(4)43-22-24(2)21-39(8,52-10)34(41)25(3)33(49)29(36(50)53-31)20-32(48)54-38(5,6)7/h14-16,19,23-26,29,31,34-35,43H,11-13,17-18,20-22,42H2,1-10H3/t24-,25+,26-,29-,31-,34-,35-,39-,40-/m1/s1. The first-order valence-electron chi connectivity index (χ1n) is 19.5. The van der Waals surface area contributed by atoms with Crippen molar-refractivity contribution in [2.45, 2.75) is 142 Å². The number of aryl methyl sites for hydroxylation is 1. The number of ketones is 1. The van der Waals surface area contributed by atoms with E-state index >= 15 is 0 Å². The van der Waals surface area contributed by atoms with Crippen LogP contribution in [0.3, 0.4) is 0 Å². The van der Waals surface area contributed by atoms with E-state index in [9.17, 15) is 19.2 Å². The Morgan fingerprint density at radius 3 is 2.45 bits per heavy atom. The molecule has 15 heteroatoms. The van der Waals surface area contributed by atoms with Gasteiger partial charge in [0.15, 0.2) is 5.60 Å². The number of hydrogen-bond donors (Lipinski definition) is 2. The van der Waals surface area contributed by atoms with Crippen molar-refractivity contribution in [3.63, 3.8) is 0 Å². The van der Waals surface area contributed by atoms with Gasteiger partial charge in [-0.1, -0.05) is 38.1 Å². The van der Waals surface area contributed by atoms with E-state index in [0.29, 0.717) is 50.3 Å². The van der Waals surface area contributed by atoms with E-state index in [1.54, 1.807) is 51.3 Å². The van der Waals surface area contributed by atoms with Gasteiger partial charge in [0, 0.05) is 43.4 Å². The van der Waals surface area contributed by atoms with Crippen LogP contribution in [-0.4, -0.2) is 107 Å². The minimum Gasteiger partial charge on any atom is -0.460 e. The van der Waals surface area contributed by atoms with Crippen LogP contribution in [0.4, 0.5) is 10.5 Å². The number of cyclic esters (lactones) is 1. The van der Waals surface area contributed by atoms with E-state index in [0.717, 1.165) is 5.56 Å². The third-order valence-corrected chi connectivity index (χ3v) is 11.1. The fraction of sp³-hybridized carbons (Fsp3) is 0.700. The molecule has 0 aliphatic carbocycles. The quantitative estimate of drug-likeness (QED) is 0.0815. The van der Waals surface area contributed by atoms with E-state index in [2.05, 4.69) is 22.6 Å². The second-order valence-electron chi connectivity index (χ2n) is 16.8. The molecule has 2 aromatic rings. The van der Waals surface area contributed by atoms with Gasteiger partial charge in [-0.2, -0.15) is 0 Å². The first kappa shape index (κ1) is 43.7. The monoisotopic (exact) mass is 764 g/mol. The molecule has 14 nitrogen and oxygen atoms in total. The maximum absolute atomic E-state index is 14.2. The number of hydrogen-bond acceptors (Lipinski definition) is 12. The van der Waals surface area contributed by atoms with E-state index in [4.69, 9.17) is 32.5 Å². The van der Waals surface area contributed by atoms with Crippen molar-refractivity contribution in [3.05, 3.63) is 30.5 Å². The number of ether oxygens (including phenoxy) is 4. The Labute approximate surface area is 327 Å². The van der Waals surface area contributed by atoms with Gasteiger partial charge in [-0.25, -0.2) is 4.79 Å². The minimum atomic E-state index is -1.50. The number of methoxy groups -OCH3 is 1. The first-order valence-corrected chi connectivity index (χ1v) is 19.5. The highest BCUT2D eigenvalue weighted by Crippen LogP contribution is 2.41. The van der Waals surface area contributed by atoms with Crippen molar-refractivity contribution in [1.82, 2.24) is 25.2 Å². The molecule has 302 valence electrons. The van der Waals surface area contributed by atoms with Crippen LogP contribution < -0.4 is 11.1 Å². The predicted molar refractivity (Wildman–Crippen MR) is 209 cm³/mol. The van der Waals surface area contributed by atoms with E-state index in [1.807, 2.05) is 51.2 Å². The lowest BCUT2D eigenvalue weighted by molar-refractivity contribution is -0.175. The maximum Gasteiger partial charge on any atom is 0.410 e. The van der Waals surface area contributed by atoms with Crippen molar-refractivity contribution in [2.24, 2.45) is 17.8 Å². The molecule has 0 bridgehead atoms. The highest BCUT2D eigenvalue weighted by atomic mass is 16.6. The minimum absolute atomic E-state index is 0.0286. The van der Waals surface area contributed by atoms with Gasteiger partial charge in [-0.05, 0) is 97.6 Å². The summed E-state index contributed by atoms with van der Waals surface area (Å²) in [5.41, 5.74) is 5.08. The normalized spacial score (nSPS) is 31.2. The SMILES string of the molecule is [B][C@@H]1[C@@H](C)C(=O)[C@@H](CC(=O)OC(C)(C)C)C(=O)O[C@H](CC)[C@@]2(C)OC(=O)N(CCCCn3cc(-c4cccc(N)c4)nn3)[C@@H]2[C@@H](C)NC[C@H](C)C[C@@]1(C)OC. The second-order valence-corrected chi connectivity index (χ2v) is 16.8. The van der Waals surface area contributed by atoms with Crippen LogP contribution in [0.2, 0.25) is 5.82 Å². The molecule has 4 rings (SSSR count). The number of nitrogens with zero attached hydrogens (tertiary/aromatic N) is 4. The lowest BCUT2D eigenvalue weighted by Crippen LogP contribution is -2.61. The number of aromatic nitrogens is 3. The molecule has 1 aromatic carbocycles. The lowest BCUT2D eigenvalue weighted by Gasteiger charge is -2.41. The van der Waals surface area contributed by atoms with Crippen molar-refractivity contribution in [2.75, 3.05) is 25.9 Å². The van der Waals surface area contributed by atoms with E-state index < -0.39 is 76.8 Å². The number of carbonyl (C=O) groups is 4. The number of unbranched alkanes of at least 4 members (excludes halogenated alkanes) is 1. The van der Waals surface area contributed by atoms with Gasteiger partial charge in [-0.3, -0.25) is 24.0 Å². The van der Waals surface area contributed by atoms with Gasteiger partial charge in [0.1, 0.15) is 29.1 Å². The smallest absolute Gasteiger partial charge is 0.410 e. The predicted octanol–water partition coefficient (Wildman–Crippen LogP) is 5.14. The van der Waals surface area contributed by atoms with Crippen molar-refractivity contribution in [3.8, 4) is 11.3 Å². The number of nitrogen functional groups attached to an aromatic ring is 1. The molecule has 2 aliphatic rings. The van der Waals surface area contributed by atoms with Crippen LogP contribution >= 0.6 is 0 Å². The highest BCUT2D eigenvalue weighted by Gasteiger charge is 2.58. The number of Topliss-reactive ketones (excluding diaryl/α,β-unsaturated/α-hetero) is 1. The van der Waals surface area contributed by atoms with Gasteiger partial charge in [0.25, 0.3) is 0 Å². The first-order chi connectivity index (χ1) is 25.7. The molecule has 2 radical (unpaired) electrons. The molecule has 55 heavy (non-hydrogen) atoms. The van der Waals surface area contributed by atoms with Crippen LogP contribution in [0, 0.1) is 17.8 Å². The number of fused-ring (bicyclic) bond motifs is 1. The Morgan fingerprint density at radius 1 is 1.13 bits per heavy atom. The number of nitrogens with one attached hydrogen (secondary N) is 1. The Morgan fingerprint density at radius 2 is 1.82 bits per heavy atom. The molecular formula is C40H61BN6O8. The summed E-state index contributed by atoms with van der Waals surface area (Å²) < 4.78 is 25.6. The Kier molecular flexibility index (Phi) is 14.2. The molecular weight excluding hydrogens is 703 g/mol. The van der Waals surface area contributed by atoms with E-state index in [1.165, 1.54) is 0 Å². The van der Waals surface area contributed by atoms with Crippen LogP contribution in [0.25, 0.3) is 11.3 Å². The Bertz CT molecular complexity index is 1670. The molecule has 0 unspecified atom stereocenters. The summed E-state index contributed by atoms with van der Waals surface area (Å²) in [5.74, 6) is -5.32. The maximum atomic E-state index is 14.2. The largest absolute Gasteiger partial charge is 0.460 e. The molecule has 2 fully saturated rings. The van der Waals surface area contributed by atoms with Gasteiger partial charge in [0.05, 0.1) is 32.1 Å². The van der Waals surface area contributed by atoms with Crippen LogP contribution in [-0.2, 0) is 39.9 Å². The summed E-state index contributed by atoms with van der Waals surface area (Å²) in [7, 11) is 8.32. The van der Waals surface area contributed by atoms with Gasteiger partial charge < -0.3 is 30.0 Å². The Hall–Kier alpha value is -3.98. The number of nitrogens with two attached hydrogens (primary N) is 1. The molecule has 2 saturated heterocycles. The van der Waals surface area contributed by atoms with Gasteiger partial charge in [-0.15, -0.1) is 5.10 Å². The molecule has 2 aliphatic heterocycles. The third-order valence-electron chi connectivity index (χ3n) is 11.1. The lowest BCUT2D eigenvalue weighted by atomic mass is 9.62. The fourth-order valence-electron chi connectivity index (χ4n) is 8.10. The number of rotatable bonds is 10. The summed E-state index contributed by atoms with van der Waals surface area (Å²) >= 11 is 0. The van der Waals surface area contributed by atoms with Crippen molar-refractivity contribution < 1.29 is 38.1 Å². The molecule has 1 amide bonds. The summed E-state index contributed by atoms with van der Waals surface area (Å²) in [6, 6.07) is 6.58. The van der Waals surface area contributed by atoms with Crippen molar-refractivity contribution in [1.29, 1.82) is 0 Å². The average Bonchev–Trinajstić information content (AvgIpc) is 3.69. The zero-order chi connectivity index (χ0) is 40.9. The molecule has 1 aromatic heterocycles. The molecule has 3 heterocycles. The fourth-order valence-corrected chi connectivity index (χ4v) is 8.10. The average molecular weight is 765 g/mol. The summed E-state index contributed by atoms with van der Waals surface area (Å²) in [6.45, 7) is 17.8. The van der Waals surface area contributed by atoms with Gasteiger partial charge in [0.2, 0.25) is 0 Å². The number of anilines is 1. The number of benzene rings is 1. The van der Waals surface area contributed by atoms with Crippen LogP contribution in [0.1, 0.15) is 94.4 Å². The number of esters is 2. The number of amides is 1. The zero-order valence-corrected chi connectivity index (χ0v) is 34.3. The molecule has 0 saturated carbocycles. The summed E-state index contributed by atoms with van der Waals surface area (Å²) in [5, 5.41) is 12.2. The van der Waals surface area contributed by atoms with Gasteiger partial charge >= 0.3 is 18.0 Å². The molecule has 3 N–H and O–H groups in total. The third kappa shape index (κ3) is 10.5. The van der Waals surface area contributed by atoms with Crippen LogP contribution in [0.5, 0.6) is 0 Å². The Balaban J connectivity index is 1.62. The molecule has 9 atom stereocenters. The second kappa shape index (κ2) is 17.9. The number of carbonyl (C=O) groups excluding carboxylic acids is 4. The van der Waals surface area contributed by atoms with Crippen LogP contribution in [0.15, 0.2) is 30.5 Å².